The summed E-state index contributed by atoms with van der Waals surface area (Å²) >= 11 is 0. The molecule has 2 fully saturated rings. The van der Waals surface area contributed by atoms with Gasteiger partial charge in [0.1, 0.15) is 41.6 Å². The Hall–Kier alpha value is -4.38. The van der Waals surface area contributed by atoms with E-state index in [9.17, 15) is 4.39 Å². The number of anilines is 2. The standard InChI is InChI=1S/C29H29FN8O2/c1-18-10-20(4-7-25(18)40-21-5-6-24-22(11-21)34-17-37(24)2)35-27-26-23(32-16-33-27)13-31-28(36-26)39-15-29-8-3-9-38(29)14-19(30)12-29/h4-7,10-11,13,16-17,19H,3,8-9,12,14-15H2,1-2H3,(H,32,33,35)/t19-,29+/m0/s1. The predicted molar refractivity (Wildman–Crippen MR) is 149 cm³/mol. The predicted octanol–water partition coefficient (Wildman–Crippen LogP) is 5.11. The van der Waals surface area contributed by atoms with Gasteiger partial charge in [-0.1, -0.05) is 0 Å². The van der Waals surface area contributed by atoms with Crippen LogP contribution in [-0.4, -0.2) is 65.8 Å². The van der Waals surface area contributed by atoms with Gasteiger partial charge in [-0.25, -0.2) is 24.3 Å². The van der Waals surface area contributed by atoms with E-state index in [1.54, 1.807) is 12.5 Å². The van der Waals surface area contributed by atoms with E-state index in [2.05, 4.69) is 35.1 Å². The Kier molecular flexibility index (Phi) is 5.96. The van der Waals surface area contributed by atoms with Gasteiger partial charge in [-0.3, -0.25) is 4.90 Å². The number of hydrogen-bond acceptors (Lipinski definition) is 9. The number of nitrogens with one attached hydrogen (secondary N) is 1. The Morgan fingerprint density at radius 3 is 2.92 bits per heavy atom. The van der Waals surface area contributed by atoms with Crippen LogP contribution in [0.2, 0.25) is 0 Å². The number of imidazole rings is 1. The summed E-state index contributed by atoms with van der Waals surface area (Å²) in [7, 11) is 1.97. The summed E-state index contributed by atoms with van der Waals surface area (Å²) in [5.41, 5.74) is 4.58. The summed E-state index contributed by atoms with van der Waals surface area (Å²) in [6, 6.07) is 11.9. The zero-order chi connectivity index (χ0) is 27.3. The number of benzene rings is 2. The van der Waals surface area contributed by atoms with Crippen LogP contribution in [0.3, 0.4) is 0 Å². The van der Waals surface area contributed by atoms with Crippen molar-refractivity contribution in [2.24, 2.45) is 7.05 Å². The van der Waals surface area contributed by atoms with Gasteiger partial charge < -0.3 is 19.4 Å². The minimum absolute atomic E-state index is 0.235. The summed E-state index contributed by atoms with van der Waals surface area (Å²) in [6.45, 7) is 3.74. The molecule has 5 aromatic rings. The highest BCUT2D eigenvalue weighted by molar-refractivity contribution is 5.86. The second kappa shape index (κ2) is 9.67. The monoisotopic (exact) mass is 540 g/mol. The molecule has 2 saturated heterocycles. The fraction of sp³-hybridized carbons (Fsp3) is 0.345. The van der Waals surface area contributed by atoms with E-state index >= 15 is 0 Å². The first kappa shape index (κ1) is 24.6. The molecule has 0 saturated carbocycles. The Morgan fingerprint density at radius 2 is 2.02 bits per heavy atom. The number of halogens is 1. The normalized spacial score (nSPS) is 20.7. The first-order valence-electron chi connectivity index (χ1n) is 13.4. The molecule has 2 aliphatic heterocycles. The number of alkyl halides is 1. The van der Waals surface area contributed by atoms with Gasteiger partial charge in [0.15, 0.2) is 5.82 Å². The van der Waals surface area contributed by atoms with Crippen molar-refractivity contribution in [3.8, 4) is 17.5 Å². The highest BCUT2D eigenvalue weighted by Gasteiger charge is 2.49. The third kappa shape index (κ3) is 4.45. The molecule has 5 heterocycles. The van der Waals surface area contributed by atoms with Crippen LogP contribution in [-0.2, 0) is 7.05 Å². The van der Waals surface area contributed by atoms with Crippen LogP contribution >= 0.6 is 0 Å². The summed E-state index contributed by atoms with van der Waals surface area (Å²) < 4.78 is 28.3. The van der Waals surface area contributed by atoms with E-state index in [4.69, 9.17) is 9.47 Å². The lowest BCUT2D eigenvalue weighted by Gasteiger charge is -2.30. The second-order valence-electron chi connectivity index (χ2n) is 10.7. The number of hydrogen-bond donors (Lipinski definition) is 1. The molecule has 1 N–H and O–H groups in total. The summed E-state index contributed by atoms with van der Waals surface area (Å²) in [6.07, 6.45) is 6.55. The highest BCUT2D eigenvalue weighted by Crippen LogP contribution is 2.40. The van der Waals surface area contributed by atoms with Crippen LogP contribution in [0.15, 0.2) is 55.2 Å². The van der Waals surface area contributed by atoms with E-state index in [-0.39, 0.29) is 11.5 Å². The lowest BCUT2D eigenvalue weighted by molar-refractivity contribution is 0.107. The lowest BCUT2D eigenvalue weighted by Crippen LogP contribution is -2.43. The quantitative estimate of drug-likeness (QED) is 0.302. The van der Waals surface area contributed by atoms with Gasteiger partial charge in [-0.15, -0.1) is 0 Å². The minimum Gasteiger partial charge on any atom is -0.461 e. The highest BCUT2D eigenvalue weighted by atomic mass is 19.1. The van der Waals surface area contributed by atoms with Crippen molar-refractivity contribution in [3.63, 3.8) is 0 Å². The van der Waals surface area contributed by atoms with Crippen molar-refractivity contribution in [3.05, 3.63) is 60.8 Å². The SMILES string of the molecule is Cc1cc(Nc2ncnc3cnc(OC[C@]45CCCN4C[C@@H](F)C5)nc23)ccc1Oc1ccc2c(c1)ncn2C. The lowest BCUT2D eigenvalue weighted by atomic mass is 9.95. The molecule has 2 aromatic carbocycles. The van der Waals surface area contributed by atoms with Crippen molar-refractivity contribution in [2.75, 3.05) is 25.0 Å². The summed E-state index contributed by atoms with van der Waals surface area (Å²) in [5, 5.41) is 3.35. The van der Waals surface area contributed by atoms with Gasteiger partial charge in [-0.05, 0) is 62.2 Å². The summed E-state index contributed by atoms with van der Waals surface area (Å²) in [5.74, 6) is 2.01. The molecular weight excluding hydrogens is 511 g/mol. The Balaban J connectivity index is 1.09. The van der Waals surface area contributed by atoms with Crippen molar-refractivity contribution < 1.29 is 13.9 Å². The van der Waals surface area contributed by atoms with Gasteiger partial charge in [0.2, 0.25) is 0 Å². The molecule has 0 spiro atoms. The Morgan fingerprint density at radius 1 is 1.10 bits per heavy atom. The Bertz CT molecular complexity index is 1730. The molecule has 0 bridgehead atoms. The molecule has 40 heavy (non-hydrogen) atoms. The number of nitrogens with zero attached hydrogens (tertiary/aromatic N) is 7. The molecule has 0 amide bonds. The third-order valence-electron chi connectivity index (χ3n) is 7.95. The van der Waals surface area contributed by atoms with Crippen molar-refractivity contribution in [1.29, 1.82) is 0 Å². The first-order valence-corrected chi connectivity index (χ1v) is 13.4. The zero-order valence-corrected chi connectivity index (χ0v) is 22.3. The maximum Gasteiger partial charge on any atom is 0.317 e. The Labute approximate surface area is 230 Å². The van der Waals surface area contributed by atoms with Gasteiger partial charge in [0, 0.05) is 31.8 Å². The average molecular weight is 541 g/mol. The van der Waals surface area contributed by atoms with Crippen LogP contribution in [0.25, 0.3) is 22.1 Å². The largest absolute Gasteiger partial charge is 0.461 e. The van der Waals surface area contributed by atoms with Crippen LogP contribution in [0.4, 0.5) is 15.9 Å². The van der Waals surface area contributed by atoms with Crippen LogP contribution in [0.1, 0.15) is 24.8 Å². The van der Waals surface area contributed by atoms with Crippen LogP contribution in [0.5, 0.6) is 17.5 Å². The zero-order valence-electron chi connectivity index (χ0n) is 22.3. The van der Waals surface area contributed by atoms with Crippen LogP contribution in [0, 0.1) is 6.92 Å². The molecule has 2 aliphatic rings. The fourth-order valence-electron chi connectivity index (χ4n) is 5.93. The summed E-state index contributed by atoms with van der Waals surface area (Å²) in [4.78, 5) is 24.3. The van der Waals surface area contributed by atoms with E-state index in [0.717, 1.165) is 53.2 Å². The minimum atomic E-state index is -0.810. The molecule has 11 heteroatoms. The molecule has 0 aliphatic carbocycles. The van der Waals surface area contributed by atoms with Gasteiger partial charge in [0.25, 0.3) is 0 Å². The number of aryl methyl sites for hydroxylation is 2. The van der Waals surface area contributed by atoms with Crippen molar-refractivity contribution >= 4 is 33.6 Å². The van der Waals surface area contributed by atoms with Crippen molar-refractivity contribution in [2.45, 2.75) is 37.9 Å². The first-order chi connectivity index (χ1) is 19.5. The molecular formula is C29H29FN8O2. The van der Waals surface area contributed by atoms with Gasteiger partial charge in [-0.2, -0.15) is 4.98 Å². The van der Waals surface area contributed by atoms with Crippen LogP contribution < -0.4 is 14.8 Å². The molecule has 3 aromatic heterocycles. The molecule has 204 valence electrons. The number of ether oxygens (including phenoxy) is 2. The fourth-order valence-corrected chi connectivity index (χ4v) is 5.93. The topological polar surface area (TPSA) is 103 Å². The number of rotatable bonds is 7. The maximum absolute atomic E-state index is 14.1. The third-order valence-corrected chi connectivity index (χ3v) is 7.95. The smallest absolute Gasteiger partial charge is 0.317 e. The molecule has 0 radical (unpaired) electrons. The number of fused-ring (bicyclic) bond motifs is 3. The van der Waals surface area contributed by atoms with Gasteiger partial charge >= 0.3 is 6.01 Å². The van der Waals surface area contributed by atoms with E-state index in [0.29, 0.717) is 36.4 Å². The molecule has 0 unspecified atom stereocenters. The average Bonchev–Trinajstić information content (AvgIpc) is 3.60. The molecule has 10 nitrogen and oxygen atoms in total. The van der Waals surface area contributed by atoms with E-state index in [1.807, 2.05) is 54.9 Å². The molecule has 7 rings (SSSR count). The van der Waals surface area contributed by atoms with Crippen molar-refractivity contribution in [1.82, 2.24) is 34.4 Å². The molecule has 2 atom stereocenters. The van der Waals surface area contributed by atoms with E-state index in [1.165, 1.54) is 6.33 Å². The maximum atomic E-state index is 14.1. The second-order valence-corrected chi connectivity index (χ2v) is 10.7. The van der Waals surface area contributed by atoms with E-state index < -0.39 is 6.17 Å². The van der Waals surface area contributed by atoms with Gasteiger partial charge in [0.05, 0.1) is 29.1 Å². The number of aromatic nitrogens is 6.